The van der Waals surface area contributed by atoms with E-state index in [1.807, 2.05) is 19.9 Å². The third-order valence-corrected chi connectivity index (χ3v) is 4.57. The summed E-state index contributed by atoms with van der Waals surface area (Å²) in [5.41, 5.74) is 3.01. The van der Waals surface area contributed by atoms with Gasteiger partial charge in [-0.3, -0.25) is 15.6 Å². The van der Waals surface area contributed by atoms with Crippen molar-refractivity contribution in [2.45, 2.75) is 20.3 Å². The number of aliphatic imine (C=N–C) groups is 1. The standard InChI is InChI=1S/C19H20Cl2N8O/c1-11-7-12(2)26-18(25-11)28-17(23-6-5-14-9-22-10-24-14)29-19(30)27-13-3-4-15(20)16(21)8-13/h3-4,7-10H,5-6H2,1-2H3,(H,22,24)(H3,23,25,26,27,28,29,30). The number of nitrogens with zero attached hydrogens (tertiary/aromatic N) is 4. The lowest BCUT2D eigenvalue weighted by molar-refractivity contribution is 0.256. The molecule has 2 amide bonds. The molecular formula is C19H20Cl2N8O. The highest BCUT2D eigenvalue weighted by Crippen LogP contribution is 2.24. The molecule has 30 heavy (non-hydrogen) atoms. The first kappa shape index (κ1) is 21.5. The van der Waals surface area contributed by atoms with Gasteiger partial charge in [-0.05, 0) is 38.1 Å². The van der Waals surface area contributed by atoms with Crippen LogP contribution < -0.4 is 16.0 Å². The Hall–Kier alpha value is -3.17. The second kappa shape index (κ2) is 10.0. The molecule has 2 heterocycles. The van der Waals surface area contributed by atoms with Gasteiger partial charge in [0.2, 0.25) is 11.9 Å². The van der Waals surface area contributed by atoms with Crippen LogP contribution in [0.15, 0.2) is 41.8 Å². The third kappa shape index (κ3) is 6.43. The van der Waals surface area contributed by atoms with Crippen LogP contribution >= 0.6 is 23.2 Å². The Balaban J connectivity index is 1.71. The van der Waals surface area contributed by atoms with Gasteiger partial charge in [0.05, 0.1) is 16.4 Å². The zero-order valence-corrected chi connectivity index (χ0v) is 17.8. The fourth-order valence-corrected chi connectivity index (χ4v) is 2.85. The molecule has 2 aromatic heterocycles. The first-order valence-corrected chi connectivity index (χ1v) is 9.78. The number of halogens is 2. The average Bonchev–Trinajstić information content (AvgIpc) is 3.17. The quantitative estimate of drug-likeness (QED) is 0.349. The number of nitrogens with one attached hydrogen (secondary N) is 4. The number of hydrogen-bond donors (Lipinski definition) is 4. The topological polar surface area (TPSA) is 120 Å². The number of hydrogen-bond acceptors (Lipinski definition) is 5. The molecule has 0 aliphatic carbocycles. The average molecular weight is 447 g/mol. The van der Waals surface area contributed by atoms with Crippen LogP contribution in [0.3, 0.4) is 0 Å². The van der Waals surface area contributed by atoms with Crippen LogP contribution in [0.5, 0.6) is 0 Å². The highest BCUT2D eigenvalue weighted by atomic mass is 35.5. The van der Waals surface area contributed by atoms with Crippen molar-refractivity contribution in [3.63, 3.8) is 0 Å². The fourth-order valence-electron chi connectivity index (χ4n) is 2.55. The lowest BCUT2D eigenvalue weighted by Gasteiger charge is -2.12. The lowest BCUT2D eigenvalue weighted by Crippen LogP contribution is -2.39. The van der Waals surface area contributed by atoms with Crippen molar-refractivity contribution in [2.24, 2.45) is 4.99 Å². The molecule has 11 heteroatoms. The number of carbonyl (C=O) groups excluding carboxylic acids is 1. The van der Waals surface area contributed by atoms with Crippen LogP contribution in [0.2, 0.25) is 10.0 Å². The Labute approximate surface area is 183 Å². The van der Waals surface area contributed by atoms with Gasteiger partial charge in [0, 0.05) is 41.9 Å². The predicted octanol–water partition coefficient (Wildman–Crippen LogP) is 3.96. The molecule has 1 aromatic carbocycles. The summed E-state index contributed by atoms with van der Waals surface area (Å²) in [6.45, 7) is 4.13. The van der Waals surface area contributed by atoms with E-state index in [4.69, 9.17) is 23.2 Å². The maximum atomic E-state index is 12.5. The first-order valence-electron chi connectivity index (χ1n) is 9.03. The minimum atomic E-state index is -0.509. The number of imidazole rings is 1. The zero-order valence-electron chi connectivity index (χ0n) is 16.3. The van der Waals surface area contributed by atoms with Gasteiger partial charge in [-0.25, -0.2) is 19.7 Å². The molecule has 9 nitrogen and oxygen atoms in total. The van der Waals surface area contributed by atoms with E-state index in [1.165, 1.54) is 0 Å². The maximum Gasteiger partial charge on any atom is 0.326 e. The number of urea groups is 1. The van der Waals surface area contributed by atoms with E-state index in [2.05, 4.69) is 40.9 Å². The number of amides is 2. The summed E-state index contributed by atoms with van der Waals surface area (Å²) in [5.74, 6) is 0.541. The molecule has 0 radical (unpaired) electrons. The molecule has 4 N–H and O–H groups in total. The monoisotopic (exact) mass is 446 g/mol. The number of anilines is 2. The summed E-state index contributed by atoms with van der Waals surface area (Å²) in [5, 5.41) is 9.05. The summed E-state index contributed by atoms with van der Waals surface area (Å²) in [7, 11) is 0. The molecular weight excluding hydrogens is 427 g/mol. The number of carbonyl (C=O) groups is 1. The third-order valence-electron chi connectivity index (χ3n) is 3.83. The Bertz CT molecular complexity index is 1030. The maximum absolute atomic E-state index is 12.5. The van der Waals surface area contributed by atoms with Crippen LogP contribution in [0.25, 0.3) is 0 Å². The summed E-state index contributed by atoms with van der Waals surface area (Å²) in [6.07, 6.45) is 3.94. The highest BCUT2D eigenvalue weighted by Gasteiger charge is 2.10. The lowest BCUT2D eigenvalue weighted by atomic mass is 10.3. The number of aromatic amines is 1. The normalized spacial score (nSPS) is 11.3. The number of guanidine groups is 1. The van der Waals surface area contributed by atoms with E-state index in [9.17, 15) is 4.79 Å². The van der Waals surface area contributed by atoms with Crippen LogP contribution in [0.1, 0.15) is 17.1 Å². The van der Waals surface area contributed by atoms with Crippen LogP contribution in [0.4, 0.5) is 16.4 Å². The largest absolute Gasteiger partial charge is 0.348 e. The molecule has 3 aromatic rings. The van der Waals surface area contributed by atoms with Crippen molar-refractivity contribution < 1.29 is 4.79 Å². The van der Waals surface area contributed by atoms with E-state index >= 15 is 0 Å². The molecule has 0 spiro atoms. The Kier molecular flexibility index (Phi) is 7.21. The van der Waals surface area contributed by atoms with E-state index in [0.29, 0.717) is 34.6 Å². The van der Waals surface area contributed by atoms with E-state index in [0.717, 1.165) is 17.1 Å². The number of aromatic nitrogens is 4. The first-order chi connectivity index (χ1) is 14.4. The van der Waals surface area contributed by atoms with Crippen molar-refractivity contribution in [2.75, 3.05) is 17.2 Å². The van der Waals surface area contributed by atoms with Gasteiger partial charge in [0.25, 0.3) is 0 Å². The van der Waals surface area contributed by atoms with Gasteiger partial charge >= 0.3 is 6.03 Å². The second-order valence-corrected chi connectivity index (χ2v) is 7.18. The van der Waals surface area contributed by atoms with Gasteiger partial charge in [-0.15, -0.1) is 0 Å². The van der Waals surface area contributed by atoms with Gasteiger partial charge in [0.15, 0.2) is 0 Å². The minimum Gasteiger partial charge on any atom is -0.348 e. The fraction of sp³-hybridized carbons (Fsp3) is 0.211. The summed E-state index contributed by atoms with van der Waals surface area (Å²) in [4.78, 5) is 32.5. The second-order valence-electron chi connectivity index (χ2n) is 6.36. The smallest absolute Gasteiger partial charge is 0.326 e. The van der Waals surface area contributed by atoms with Gasteiger partial charge in [0.1, 0.15) is 0 Å². The van der Waals surface area contributed by atoms with Crippen LogP contribution in [-0.2, 0) is 6.42 Å². The molecule has 0 aliphatic rings. The minimum absolute atomic E-state index is 0.206. The van der Waals surface area contributed by atoms with E-state index in [1.54, 1.807) is 30.7 Å². The summed E-state index contributed by atoms with van der Waals surface area (Å²) in [6, 6.07) is 6.14. The van der Waals surface area contributed by atoms with Crippen molar-refractivity contribution in [3.8, 4) is 0 Å². The molecule has 0 bridgehead atoms. The van der Waals surface area contributed by atoms with Gasteiger partial charge < -0.3 is 10.3 Å². The highest BCUT2D eigenvalue weighted by molar-refractivity contribution is 6.42. The molecule has 156 valence electrons. The number of H-pyrrole nitrogens is 1. The molecule has 0 aliphatic heterocycles. The van der Waals surface area contributed by atoms with Crippen LogP contribution in [-0.4, -0.2) is 38.5 Å². The van der Waals surface area contributed by atoms with Crippen LogP contribution in [0, 0.1) is 13.8 Å². The Morgan fingerprint density at radius 3 is 2.53 bits per heavy atom. The molecule has 0 fully saturated rings. The predicted molar refractivity (Wildman–Crippen MR) is 118 cm³/mol. The van der Waals surface area contributed by atoms with Crippen molar-refractivity contribution >= 4 is 46.8 Å². The molecule has 3 rings (SSSR count). The zero-order chi connectivity index (χ0) is 21.5. The van der Waals surface area contributed by atoms with E-state index < -0.39 is 6.03 Å². The van der Waals surface area contributed by atoms with Gasteiger partial charge in [-0.1, -0.05) is 23.2 Å². The van der Waals surface area contributed by atoms with Crippen molar-refractivity contribution in [1.82, 2.24) is 25.3 Å². The number of aryl methyl sites for hydroxylation is 2. The van der Waals surface area contributed by atoms with E-state index in [-0.39, 0.29) is 5.96 Å². The molecule has 0 saturated carbocycles. The van der Waals surface area contributed by atoms with Gasteiger partial charge in [-0.2, -0.15) is 0 Å². The summed E-state index contributed by atoms with van der Waals surface area (Å²) < 4.78 is 0. The molecule has 0 saturated heterocycles. The number of benzene rings is 1. The van der Waals surface area contributed by atoms with Crippen molar-refractivity contribution in [3.05, 3.63) is 63.9 Å². The summed E-state index contributed by atoms with van der Waals surface area (Å²) >= 11 is 11.9. The molecule has 0 unspecified atom stereocenters. The SMILES string of the molecule is Cc1cc(C)nc(NC(=NCCc2cnc[nH]2)NC(=O)Nc2ccc(Cl)c(Cl)c2)n1. The Morgan fingerprint density at radius 1 is 1.10 bits per heavy atom. The Morgan fingerprint density at radius 2 is 1.87 bits per heavy atom. The number of rotatable bonds is 5. The van der Waals surface area contributed by atoms with Crippen molar-refractivity contribution in [1.29, 1.82) is 0 Å². The molecule has 0 atom stereocenters.